The summed E-state index contributed by atoms with van der Waals surface area (Å²) in [7, 11) is 0. The first kappa shape index (κ1) is 15.0. The van der Waals surface area contributed by atoms with E-state index in [2.05, 4.69) is 4.98 Å². The van der Waals surface area contributed by atoms with Gasteiger partial charge < -0.3 is 5.11 Å². The van der Waals surface area contributed by atoms with Gasteiger partial charge in [0.2, 0.25) is 0 Å². The number of aliphatic carboxylic acids is 1. The fourth-order valence-corrected chi connectivity index (χ4v) is 1.83. The number of aryl methyl sites for hydroxylation is 1. The zero-order chi connectivity index (χ0) is 15.5. The predicted octanol–water partition coefficient (Wildman–Crippen LogP) is 3.78. The molecule has 110 valence electrons. The molecule has 1 aromatic carbocycles. The number of alkyl halides is 3. The number of rotatable bonds is 4. The lowest BCUT2D eigenvalue weighted by Gasteiger charge is -2.08. The molecule has 0 bridgehead atoms. The monoisotopic (exact) mass is 295 g/mol. The van der Waals surface area contributed by atoms with Gasteiger partial charge in [-0.25, -0.2) is 0 Å². The average molecular weight is 295 g/mol. The summed E-state index contributed by atoms with van der Waals surface area (Å²) in [6.07, 6.45) is -2.51. The summed E-state index contributed by atoms with van der Waals surface area (Å²) in [6.45, 7) is 0. The first-order valence-electron chi connectivity index (χ1n) is 6.20. The molecule has 0 spiro atoms. The van der Waals surface area contributed by atoms with E-state index in [4.69, 9.17) is 5.11 Å². The highest BCUT2D eigenvalue weighted by Gasteiger charge is 2.29. The Morgan fingerprint density at radius 1 is 1.05 bits per heavy atom. The van der Waals surface area contributed by atoms with E-state index in [9.17, 15) is 18.0 Å². The molecule has 3 nitrogen and oxygen atoms in total. The molecule has 0 aliphatic rings. The van der Waals surface area contributed by atoms with Crippen LogP contribution in [0.5, 0.6) is 0 Å². The highest BCUT2D eigenvalue weighted by molar-refractivity contribution is 5.67. The molecule has 0 aliphatic heterocycles. The van der Waals surface area contributed by atoms with Crippen molar-refractivity contribution in [2.75, 3.05) is 0 Å². The van der Waals surface area contributed by atoms with Gasteiger partial charge in [-0.3, -0.25) is 9.78 Å². The van der Waals surface area contributed by atoms with Gasteiger partial charge >= 0.3 is 12.1 Å². The van der Waals surface area contributed by atoms with E-state index < -0.39 is 17.7 Å². The van der Waals surface area contributed by atoms with Crippen LogP contribution in [0.15, 0.2) is 42.6 Å². The number of carbonyl (C=O) groups is 1. The SMILES string of the molecule is O=C(O)CCc1ccc(-c2ccc(C(F)(F)F)cc2)cn1. The number of nitrogens with zero attached hydrogens (tertiary/aromatic N) is 1. The lowest BCUT2D eigenvalue weighted by molar-refractivity contribution is -0.138. The van der Waals surface area contributed by atoms with E-state index in [0.29, 0.717) is 23.2 Å². The van der Waals surface area contributed by atoms with Crippen LogP contribution in [-0.4, -0.2) is 16.1 Å². The third kappa shape index (κ3) is 4.05. The standard InChI is InChI=1S/C15H12F3NO2/c16-15(17,18)12-4-1-10(2-5-12)11-3-6-13(19-9-11)7-8-14(20)21/h1-6,9H,7-8H2,(H,20,21). The van der Waals surface area contributed by atoms with Crippen molar-refractivity contribution in [2.24, 2.45) is 0 Å². The summed E-state index contributed by atoms with van der Waals surface area (Å²) in [6, 6.07) is 8.21. The Bertz CT molecular complexity index is 619. The number of halogens is 3. The molecule has 2 rings (SSSR count). The molecule has 0 atom stereocenters. The number of carboxylic acids is 1. The second-order valence-corrected chi connectivity index (χ2v) is 4.51. The quantitative estimate of drug-likeness (QED) is 0.933. The molecule has 1 heterocycles. The van der Waals surface area contributed by atoms with Gasteiger partial charge in [0.05, 0.1) is 12.0 Å². The molecule has 0 aliphatic carbocycles. The maximum absolute atomic E-state index is 12.5. The zero-order valence-corrected chi connectivity index (χ0v) is 10.9. The van der Waals surface area contributed by atoms with E-state index in [1.54, 1.807) is 12.1 Å². The molecule has 0 saturated carbocycles. The summed E-state index contributed by atoms with van der Waals surface area (Å²) in [4.78, 5) is 14.6. The Balaban J connectivity index is 2.13. The molecule has 0 saturated heterocycles. The van der Waals surface area contributed by atoms with Crippen LogP contribution in [-0.2, 0) is 17.4 Å². The third-order valence-corrected chi connectivity index (χ3v) is 2.97. The minimum absolute atomic E-state index is 0.00732. The zero-order valence-electron chi connectivity index (χ0n) is 10.9. The van der Waals surface area contributed by atoms with Gasteiger partial charge in [0.15, 0.2) is 0 Å². The lowest BCUT2D eigenvalue weighted by Crippen LogP contribution is -2.04. The van der Waals surface area contributed by atoms with Crippen LogP contribution in [0.1, 0.15) is 17.7 Å². The van der Waals surface area contributed by atoms with E-state index >= 15 is 0 Å². The fraction of sp³-hybridized carbons (Fsp3) is 0.200. The van der Waals surface area contributed by atoms with Gasteiger partial charge in [-0.05, 0) is 23.8 Å². The van der Waals surface area contributed by atoms with Crippen molar-refractivity contribution in [3.8, 4) is 11.1 Å². The van der Waals surface area contributed by atoms with Crippen LogP contribution in [0.3, 0.4) is 0 Å². The summed E-state index contributed by atoms with van der Waals surface area (Å²) in [5, 5.41) is 8.58. The Morgan fingerprint density at radius 3 is 2.14 bits per heavy atom. The molecule has 0 amide bonds. The number of hydrogen-bond donors (Lipinski definition) is 1. The van der Waals surface area contributed by atoms with Crippen LogP contribution in [0.25, 0.3) is 11.1 Å². The molecule has 0 fully saturated rings. The predicted molar refractivity (Wildman–Crippen MR) is 70.6 cm³/mol. The molecule has 1 N–H and O–H groups in total. The first-order valence-corrected chi connectivity index (χ1v) is 6.20. The van der Waals surface area contributed by atoms with Crippen molar-refractivity contribution in [1.29, 1.82) is 0 Å². The molecule has 21 heavy (non-hydrogen) atoms. The van der Waals surface area contributed by atoms with Crippen molar-refractivity contribution in [3.63, 3.8) is 0 Å². The number of carboxylic acid groups (broad SMARTS) is 1. The maximum atomic E-state index is 12.5. The van der Waals surface area contributed by atoms with E-state index in [0.717, 1.165) is 12.1 Å². The number of pyridine rings is 1. The Hall–Kier alpha value is -2.37. The Kier molecular flexibility index (Phi) is 4.26. The van der Waals surface area contributed by atoms with Crippen molar-refractivity contribution in [3.05, 3.63) is 53.9 Å². The van der Waals surface area contributed by atoms with Crippen LogP contribution >= 0.6 is 0 Å². The van der Waals surface area contributed by atoms with Crippen molar-refractivity contribution in [2.45, 2.75) is 19.0 Å². The van der Waals surface area contributed by atoms with Crippen molar-refractivity contribution in [1.82, 2.24) is 4.98 Å². The normalized spacial score (nSPS) is 11.4. The van der Waals surface area contributed by atoms with Crippen LogP contribution in [0, 0.1) is 0 Å². The average Bonchev–Trinajstić information content (AvgIpc) is 2.45. The Morgan fingerprint density at radius 2 is 1.67 bits per heavy atom. The molecule has 0 unspecified atom stereocenters. The van der Waals surface area contributed by atoms with Crippen molar-refractivity contribution >= 4 is 5.97 Å². The minimum atomic E-state index is -4.35. The van der Waals surface area contributed by atoms with E-state index in [-0.39, 0.29) is 6.42 Å². The summed E-state index contributed by atoms with van der Waals surface area (Å²) in [5.41, 5.74) is 1.24. The summed E-state index contributed by atoms with van der Waals surface area (Å²) in [5.74, 6) is -0.899. The Labute approximate surface area is 119 Å². The van der Waals surface area contributed by atoms with Gasteiger partial charge in [0.25, 0.3) is 0 Å². The van der Waals surface area contributed by atoms with Crippen LogP contribution in [0.2, 0.25) is 0 Å². The number of aromatic nitrogens is 1. The first-order chi connectivity index (χ1) is 9.86. The molecule has 6 heteroatoms. The maximum Gasteiger partial charge on any atom is 0.416 e. The van der Waals surface area contributed by atoms with Crippen LogP contribution < -0.4 is 0 Å². The van der Waals surface area contributed by atoms with E-state index in [1.165, 1.54) is 18.3 Å². The molecular weight excluding hydrogens is 283 g/mol. The lowest BCUT2D eigenvalue weighted by atomic mass is 10.0. The molecular formula is C15H12F3NO2. The van der Waals surface area contributed by atoms with Gasteiger partial charge in [-0.1, -0.05) is 18.2 Å². The number of hydrogen-bond acceptors (Lipinski definition) is 2. The molecule has 2 aromatic rings. The second kappa shape index (κ2) is 5.95. The highest BCUT2D eigenvalue weighted by atomic mass is 19.4. The molecule has 0 radical (unpaired) electrons. The minimum Gasteiger partial charge on any atom is -0.481 e. The van der Waals surface area contributed by atoms with Gasteiger partial charge in [0, 0.05) is 23.9 Å². The van der Waals surface area contributed by atoms with Gasteiger partial charge in [-0.2, -0.15) is 13.2 Å². The molecule has 1 aromatic heterocycles. The van der Waals surface area contributed by atoms with E-state index in [1.807, 2.05) is 0 Å². The second-order valence-electron chi connectivity index (χ2n) is 4.51. The third-order valence-electron chi connectivity index (χ3n) is 2.97. The highest BCUT2D eigenvalue weighted by Crippen LogP contribution is 2.30. The van der Waals surface area contributed by atoms with Crippen LogP contribution in [0.4, 0.5) is 13.2 Å². The van der Waals surface area contributed by atoms with Crippen molar-refractivity contribution < 1.29 is 23.1 Å². The topological polar surface area (TPSA) is 50.2 Å². The summed E-state index contributed by atoms with van der Waals surface area (Å²) >= 11 is 0. The summed E-state index contributed by atoms with van der Waals surface area (Å²) < 4.78 is 37.4. The van der Waals surface area contributed by atoms with Gasteiger partial charge in [-0.15, -0.1) is 0 Å². The largest absolute Gasteiger partial charge is 0.481 e. The smallest absolute Gasteiger partial charge is 0.416 e. The number of benzene rings is 1. The van der Waals surface area contributed by atoms with Gasteiger partial charge in [0.1, 0.15) is 0 Å². The fourth-order valence-electron chi connectivity index (χ4n) is 1.83.